The third-order valence-electron chi connectivity index (χ3n) is 4.90. The Bertz CT molecular complexity index is 1240. The maximum Gasteiger partial charge on any atom is 0.238 e. The summed E-state index contributed by atoms with van der Waals surface area (Å²) in [6, 6.07) is 18.5. The predicted octanol–water partition coefficient (Wildman–Crippen LogP) is 6.17. The lowest BCUT2D eigenvalue weighted by molar-refractivity contribution is -0.117. The van der Waals surface area contributed by atoms with Gasteiger partial charge in [-0.3, -0.25) is 15.1 Å². The van der Waals surface area contributed by atoms with Gasteiger partial charge >= 0.3 is 0 Å². The van der Waals surface area contributed by atoms with E-state index in [1.165, 1.54) is 0 Å². The summed E-state index contributed by atoms with van der Waals surface area (Å²) in [7, 11) is 1.66. The largest absolute Gasteiger partial charge is 0.490 e. The van der Waals surface area contributed by atoms with Gasteiger partial charge in [0, 0.05) is 10.2 Å². The molecule has 36 heavy (non-hydrogen) atoms. The molecule has 9 nitrogen and oxygen atoms in total. The van der Waals surface area contributed by atoms with Gasteiger partial charge in [-0.15, -0.1) is 5.11 Å². The van der Waals surface area contributed by atoms with Gasteiger partial charge < -0.3 is 20.6 Å². The van der Waals surface area contributed by atoms with Gasteiger partial charge in [0.25, 0.3) is 0 Å². The van der Waals surface area contributed by atoms with Gasteiger partial charge in [-0.2, -0.15) is 0 Å². The summed E-state index contributed by atoms with van der Waals surface area (Å²) in [5.74, 6) is 6.13. The quantitative estimate of drug-likeness (QED) is 0.0852. The second-order valence-electron chi connectivity index (χ2n) is 7.52. The zero-order chi connectivity index (χ0) is 26.1. The highest BCUT2D eigenvalue weighted by molar-refractivity contribution is 9.10. The second-order valence-corrected chi connectivity index (χ2v) is 9.25. The summed E-state index contributed by atoms with van der Waals surface area (Å²) in [6.07, 6.45) is 0. The van der Waals surface area contributed by atoms with Crippen LogP contribution in [0.1, 0.15) is 0 Å². The minimum atomic E-state index is -0.718. The number of hydrogen-bond acceptors (Lipinski definition) is 6. The van der Waals surface area contributed by atoms with E-state index in [1.54, 1.807) is 66.5 Å². The first-order chi connectivity index (χ1) is 17.3. The van der Waals surface area contributed by atoms with Crippen LogP contribution in [0, 0.1) is 5.41 Å². The third-order valence-corrected chi connectivity index (χ3v) is 6.03. The van der Waals surface area contributed by atoms with Crippen molar-refractivity contribution in [1.29, 1.82) is 5.41 Å². The third kappa shape index (κ3) is 7.92. The molecule has 188 valence electrons. The lowest BCUT2D eigenvalue weighted by Gasteiger charge is -2.26. The second kappa shape index (κ2) is 13.2. The molecule has 3 aromatic rings. The molecule has 3 aromatic carbocycles. The van der Waals surface area contributed by atoms with Gasteiger partial charge in [0.05, 0.1) is 16.6 Å². The predicted molar refractivity (Wildman–Crippen MR) is 144 cm³/mol. The van der Waals surface area contributed by atoms with Crippen molar-refractivity contribution in [3.63, 3.8) is 0 Å². The number of ether oxygens (including phenoxy) is 2. The fraction of sp³-hybridized carbons (Fsp3) is 0.167. The first kappa shape index (κ1) is 27.4. The summed E-state index contributed by atoms with van der Waals surface area (Å²) in [4.78, 5) is 14.3. The highest BCUT2D eigenvalue weighted by Gasteiger charge is 2.24. The van der Waals surface area contributed by atoms with Crippen LogP contribution in [-0.4, -0.2) is 42.9 Å². The molecular formula is C24H23BrCl2N6O3. The molecule has 1 unspecified atom stereocenters. The van der Waals surface area contributed by atoms with E-state index in [0.717, 1.165) is 4.47 Å². The molecule has 0 fully saturated rings. The van der Waals surface area contributed by atoms with E-state index in [9.17, 15) is 4.79 Å². The van der Waals surface area contributed by atoms with E-state index in [1.807, 2.05) is 12.1 Å². The molecule has 0 spiro atoms. The Morgan fingerprint density at radius 3 is 2.50 bits per heavy atom. The van der Waals surface area contributed by atoms with E-state index in [0.29, 0.717) is 33.0 Å². The van der Waals surface area contributed by atoms with Crippen molar-refractivity contribution in [2.24, 2.45) is 16.2 Å². The Morgan fingerprint density at radius 1 is 1.11 bits per heavy atom. The molecule has 1 amide bonds. The number of rotatable bonds is 10. The van der Waals surface area contributed by atoms with E-state index in [2.05, 4.69) is 31.6 Å². The number of carbonyl (C=O) groups excluding carboxylic acids is 1. The van der Waals surface area contributed by atoms with Gasteiger partial charge in [0.15, 0.2) is 5.84 Å². The molecule has 0 aromatic heterocycles. The van der Waals surface area contributed by atoms with Gasteiger partial charge in [-0.25, -0.2) is 0 Å². The Kier molecular flexibility index (Phi) is 10.1. The van der Waals surface area contributed by atoms with Crippen molar-refractivity contribution in [2.45, 2.75) is 6.04 Å². The number of benzene rings is 3. The number of nitrogens with zero attached hydrogens (tertiary/aromatic N) is 3. The van der Waals surface area contributed by atoms with Crippen LogP contribution in [0.15, 0.2) is 81.5 Å². The number of amidine groups is 1. The molecule has 4 N–H and O–H groups in total. The van der Waals surface area contributed by atoms with Gasteiger partial charge in [-0.05, 0) is 61.6 Å². The van der Waals surface area contributed by atoms with Crippen LogP contribution < -0.4 is 20.6 Å². The number of hydrogen-bond donors (Lipinski definition) is 3. The molecule has 0 aliphatic rings. The molecule has 0 saturated heterocycles. The van der Waals surface area contributed by atoms with Crippen molar-refractivity contribution < 1.29 is 14.3 Å². The normalized spacial score (nSPS) is 11.9. The smallest absolute Gasteiger partial charge is 0.238 e. The first-order valence-electron chi connectivity index (χ1n) is 10.6. The number of nitrogens with one attached hydrogen (secondary N) is 2. The van der Waals surface area contributed by atoms with E-state index >= 15 is 0 Å². The average Bonchev–Trinajstić information content (AvgIpc) is 2.83. The lowest BCUT2D eigenvalue weighted by atomic mass is 10.2. The van der Waals surface area contributed by atoms with Crippen molar-refractivity contribution in [2.75, 3.05) is 25.5 Å². The molecule has 0 bridgehead atoms. The van der Waals surface area contributed by atoms with Gasteiger partial charge in [-0.1, -0.05) is 56.5 Å². The molecule has 0 saturated carbocycles. The molecule has 0 aliphatic carbocycles. The van der Waals surface area contributed by atoms with Crippen molar-refractivity contribution in [3.05, 3.63) is 81.2 Å². The molecule has 3 rings (SSSR count). The maximum absolute atomic E-state index is 12.7. The molecule has 0 aliphatic heterocycles. The number of nitrogens with two attached hydrogens (primary N) is 1. The van der Waals surface area contributed by atoms with Crippen LogP contribution >= 0.6 is 39.1 Å². The average molecular weight is 594 g/mol. The standard InChI is InChI=1S/C24H23BrCl2N6O3/c1-33(20(24(28)31-32-29)14-35-21-5-3-2-4-18(21)26)13-23(34)30-16-8-11-22(19(27)12-16)36-17-9-6-15(25)7-10-17/h2-12,20H,13-14H2,1H3,(H,30,34)(H3,28,29,31). The topological polar surface area (TPSA) is 125 Å². The fourth-order valence-electron chi connectivity index (χ4n) is 3.10. The fourth-order valence-corrected chi connectivity index (χ4v) is 3.78. The van der Waals surface area contributed by atoms with Crippen LogP contribution in [0.4, 0.5) is 5.69 Å². The summed E-state index contributed by atoms with van der Waals surface area (Å²) < 4.78 is 12.5. The molecule has 1 atom stereocenters. The van der Waals surface area contributed by atoms with E-state index in [-0.39, 0.29) is 24.9 Å². The first-order valence-corrected chi connectivity index (χ1v) is 12.1. The number of para-hydroxylation sites is 1. The number of carbonyl (C=O) groups is 1. The number of likely N-dealkylation sites (N-methyl/N-ethyl adjacent to an activating group) is 1. The monoisotopic (exact) mass is 592 g/mol. The minimum Gasteiger partial charge on any atom is -0.490 e. The van der Waals surface area contributed by atoms with Crippen LogP contribution in [0.25, 0.3) is 0 Å². The zero-order valence-corrected chi connectivity index (χ0v) is 22.2. The maximum atomic E-state index is 12.7. The molecule has 0 heterocycles. The minimum absolute atomic E-state index is 0.000706. The Hall–Kier alpha value is -3.18. The Labute approximate surface area is 226 Å². The number of halogens is 3. The van der Waals surface area contributed by atoms with Crippen LogP contribution in [0.2, 0.25) is 10.0 Å². The summed E-state index contributed by atoms with van der Waals surface area (Å²) >= 11 is 15.9. The van der Waals surface area contributed by atoms with Crippen LogP contribution in [0.3, 0.4) is 0 Å². The van der Waals surface area contributed by atoms with Crippen molar-refractivity contribution in [1.82, 2.24) is 4.90 Å². The number of amides is 1. The number of anilines is 1. The Morgan fingerprint density at radius 2 is 1.83 bits per heavy atom. The Balaban J connectivity index is 1.62. The molecule has 0 radical (unpaired) electrons. The van der Waals surface area contributed by atoms with Crippen LogP contribution in [0.5, 0.6) is 17.2 Å². The van der Waals surface area contributed by atoms with Crippen molar-refractivity contribution in [3.8, 4) is 17.2 Å². The zero-order valence-electron chi connectivity index (χ0n) is 19.1. The lowest BCUT2D eigenvalue weighted by Crippen LogP contribution is -2.45. The van der Waals surface area contributed by atoms with Gasteiger partial charge in [0.2, 0.25) is 5.91 Å². The SMILES string of the molecule is CN(CC(=O)Nc1ccc(Oc2ccc(Br)cc2)c(Cl)c1)C(COc1ccccc1Cl)C(=N)N=NN. The molecule has 12 heteroatoms. The molecular weight excluding hydrogens is 571 g/mol. The summed E-state index contributed by atoms with van der Waals surface area (Å²) in [5.41, 5.74) is 0.488. The van der Waals surface area contributed by atoms with Gasteiger partial charge in [0.1, 0.15) is 29.9 Å². The van der Waals surface area contributed by atoms with Crippen LogP contribution in [-0.2, 0) is 4.79 Å². The van der Waals surface area contributed by atoms with E-state index < -0.39 is 6.04 Å². The highest BCUT2D eigenvalue weighted by atomic mass is 79.9. The summed E-state index contributed by atoms with van der Waals surface area (Å²) in [6.45, 7) is -0.0763. The summed E-state index contributed by atoms with van der Waals surface area (Å²) in [5, 5.41) is 18.5. The highest BCUT2D eigenvalue weighted by Crippen LogP contribution is 2.32. The van der Waals surface area contributed by atoms with Crippen molar-refractivity contribution >= 4 is 56.6 Å². The van der Waals surface area contributed by atoms with E-state index in [4.69, 9.17) is 43.9 Å².